The van der Waals surface area contributed by atoms with Crippen molar-refractivity contribution in [3.8, 4) is 0 Å². The Labute approximate surface area is 162 Å². The minimum atomic E-state index is -0.533. The summed E-state index contributed by atoms with van der Waals surface area (Å²) in [6, 6.07) is 3.84. The van der Waals surface area contributed by atoms with Gasteiger partial charge >= 0.3 is 0 Å². The molecular formula is C17H31IN4O2. The Morgan fingerprint density at radius 1 is 1.29 bits per heavy atom. The Morgan fingerprint density at radius 2 is 2.00 bits per heavy atom. The molecule has 1 aromatic rings. The van der Waals surface area contributed by atoms with Gasteiger partial charge in [0.2, 0.25) is 5.91 Å². The third-order valence-corrected chi connectivity index (χ3v) is 3.54. The van der Waals surface area contributed by atoms with E-state index >= 15 is 0 Å². The Morgan fingerprint density at radius 3 is 2.58 bits per heavy atom. The van der Waals surface area contributed by atoms with Gasteiger partial charge in [0.15, 0.2) is 5.96 Å². The molecule has 0 radical (unpaired) electrons. The molecule has 0 aromatic carbocycles. The van der Waals surface area contributed by atoms with Gasteiger partial charge < -0.3 is 20.4 Å². The van der Waals surface area contributed by atoms with Gasteiger partial charge in [0.1, 0.15) is 5.76 Å². The maximum Gasteiger partial charge on any atom is 0.227 e. The zero-order valence-corrected chi connectivity index (χ0v) is 17.5. The second-order valence-electron chi connectivity index (χ2n) is 6.16. The molecule has 0 aliphatic carbocycles. The lowest BCUT2D eigenvalue weighted by Crippen LogP contribution is -2.41. The first-order valence-electron chi connectivity index (χ1n) is 8.26. The average molecular weight is 450 g/mol. The molecule has 24 heavy (non-hydrogen) atoms. The lowest BCUT2D eigenvalue weighted by Gasteiger charge is -2.21. The molecule has 0 aliphatic rings. The number of furan rings is 1. The standard InChI is InChI=1S/C17H30N4O2.HI/c1-5-6-10-19-16(20-11-9-14-8-7-12-23-14)21-13-17(2,3)15(22)18-4;/h7-8,12H,5-6,9-11,13H2,1-4H3,(H,18,22)(H2,19,20,21);1H. The molecular weight excluding hydrogens is 419 g/mol. The van der Waals surface area contributed by atoms with Crippen molar-refractivity contribution in [3.05, 3.63) is 24.2 Å². The lowest BCUT2D eigenvalue weighted by molar-refractivity contribution is -0.128. The number of halogens is 1. The van der Waals surface area contributed by atoms with Crippen molar-refractivity contribution >= 4 is 35.8 Å². The maximum absolute atomic E-state index is 11.8. The SMILES string of the molecule is CCCCNC(=NCC(C)(C)C(=O)NC)NCCc1ccco1.I. The van der Waals surface area contributed by atoms with Gasteiger partial charge in [-0.05, 0) is 32.4 Å². The molecule has 7 heteroatoms. The molecule has 138 valence electrons. The third-order valence-electron chi connectivity index (χ3n) is 3.54. The van der Waals surface area contributed by atoms with Gasteiger partial charge in [0, 0.05) is 26.6 Å². The number of nitrogens with zero attached hydrogens (tertiary/aromatic N) is 1. The van der Waals surface area contributed by atoms with Crippen LogP contribution in [0.1, 0.15) is 39.4 Å². The zero-order valence-electron chi connectivity index (χ0n) is 15.1. The van der Waals surface area contributed by atoms with Gasteiger partial charge in [-0.25, -0.2) is 0 Å². The first-order valence-corrected chi connectivity index (χ1v) is 8.26. The van der Waals surface area contributed by atoms with Crippen molar-refractivity contribution < 1.29 is 9.21 Å². The van der Waals surface area contributed by atoms with Crippen LogP contribution >= 0.6 is 24.0 Å². The smallest absolute Gasteiger partial charge is 0.227 e. The fourth-order valence-corrected chi connectivity index (χ4v) is 2.00. The van der Waals surface area contributed by atoms with Crippen LogP contribution in [-0.2, 0) is 11.2 Å². The van der Waals surface area contributed by atoms with Crippen LogP contribution in [0.5, 0.6) is 0 Å². The van der Waals surface area contributed by atoms with Crippen molar-refractivity contribution in [1.29, 1.82) is 0 Å². The van der Waals surface area contributed by atoms with Gasteiger partial charge in [0.25, 0.3) is 0 Å². The van der Waals surface area contributed by atoms with E-state index in [1.54, 1.807) is 13.3 Å². The highest BCUT2D eigenvalue weighted by Crippen LogP contribution is 2.15. The van der Waals surface area contributed by atoms with Crippen LogP contribution in [0.2, 0.25) is 0 Å². The number of rotatable bonds is 9. The predicted molar refractivity (Wildman–Crippen MR) is 109 cm³/mol. The first kappa shape index (κ1) is 22.8. The summed E-state index contributed by atoms with van der Waals surface area (Å²) in [6.45, 7) is 7.95. The molecule has 0 fully saturated rings. The molecule has 0 spiro atoms. The maximum atomic E-state index is 11.8. The number of guanidine groups is 1. The number of nitrogens with one attached hydrogen (secondary N) is 3. The highest BCUT2D eigenvalue weighted by Gasteiger charge is 2.26. The molecule has 1 heterocycles. The topological polar surface area (TPSA) is 78.7 Å². The molecule has 0 bridgehead atoms. The second-order valence-corrected chi connectivity index (χ2v) is 6.16. The van der Waals surface area contributed by atoms with Crippen molar-refractivity contribution in [1.82, 2.24) is 16.0 Å². The summed E-state index contributed by atoms with van der Waals surface area (Å²) in [5.74, 6) is 1.67. The van der Waals surface area contributed by atoms with Gasteiger partial charge in [-0.3, -0.25) is 9.79 Å². The van der Waals surface area contributed by atoms with E-state index in [1.165, 1.54) is 0 Å². The number of carbonyl (C=O) groups is 1. The summed E-state index contributed by atoms with van der Waals surface area (Å²) >= 11 is 0. The summed E-state index contributed by atoms with van der Waals surface area (Å²) in [5.41, 5.74) is -0.533. The first-order chi connectivity index (χ1) is 11.0. The number of hydrogen-bond acceptors (Lipinski definition) is 3. The van der Waals surface area contributed by atoms with Gasteiger partial charge in [-0.2, -0.15) is 0 Å². The Hall–Kier alpha value is -1.25. The van der Waals surface area contributed by atoms with E-state index in [0.717, 1.165) is 44.1 Å². The molecule has 0 aliphatic heterocycles. The van der Waals surface area contributed by atoms with Crippen LogP contribution < -0.4 is 16.0 Å². The van der Waals surface area contributed by atoms with E-state index in [4.69, 9.17) is 4.42 Å². The third kappa shape index (κ3) is 8.56. The van der Waals surface area contributed by atoms with E-state index < -0.39 is 5.41 Å². The minimum Gasteiger partial charge on any atom is -0.469 e. The van der Waals surface area contributed by atoms with E-state index in [1.807, 2.05) is 26.0 Å². The van der Waals surface area contributed by atoms with Gasteiger partial charge in [-0.1, -0.05) is 13.3 Å². The Bertz CT molecular complexity index is 487. The summed E-state index contributed by atoms with van der Waals surface area (Å²) in [7, 11) is 1.65. The molecule has 0 saturated carbocycles. The van der Waals surface area contributed by atoms with Crippen LogP contribution in [-0.4, -0.2) is 38.5 Å². The van der Waals surface area contributed by atoms with E-state index in [0.29, 0.717) is 6.54 Å². The van der Waals surface area contributed by atoms with Crippen molar-refractivity contribution in [2.75, 3.05) is 26.7 Å². The molecule has 0 saturated heterocycles. The van der Waals surface area contributed by atoms with Crippen LogP contribution in [0.25, 0.3) is 0 Å². The quantitative estimate of drug-likeness (QED) is 0.234. The lowest BCUT2D eigenvalue weighted by atomic mass is 9.93. The number of carbonyl (C=O) groups excluding carboxylic acids is 1. The van der Waals surface area contributed by atoms with Crippen LogP contribution in [0, 0.1) is 5.41 Å². The number of aliphatic imine (C=N–C) groups is 1. The monoisotopic (exact) mass is 450 g/mol. The molecule has 1 aromatic heterocycles. The number of unbranched alkanes of at least 4 members (excludes halogenated alkanes) is 1. The Kier molecular flexibility index (Phi) is 11.5. The van der Waals surface area contributed by atoms with Gasteiger partial charge in [0.05, 0.1) is 18.2 Å². The summed E-state index contributed by atoms with van der Waals surface area (Å²) in [4.78, 5) is 16.4. The molecule has 6 nitrogen and oxygen atoms in total. The molecule has 0 unspecified atom stereocenters. The van der Waals surface area contributed by atoms with Crippen LogP contribution in [0.3, 0.4) is 0 Å². The van der Waals surface area contributed by atoms with Crippen molar-refractivity contribution in [2.45, 2.75) is 40.0 Å². The molecule has 0 atom stereocenters. The minimum absolute atomic E-state index is 0. The van der Waals surface area contributed by atoms with E-state index in [-0.39, 0.29) is 29.9 Å². The van der Waals surface area contributed by atoms with E-state index in [2.05, 4.69) is 27.9 Å². The van der Waals surface area contributed by atoms with Crippen molar-refractivity contribution in [2.24, 2.45) is 10.4 Å². The van der Waals surface area contributed by atoms with Gasteiger partial charge in [-0.15, -0.1) is 24.0 Å². The highest BCUT2D eigenvalue weighted by atomic mass is 127. The second kappa shape index (κ2) is 12.2. The summed E-state index contributed by atoms with van der Waals surface area (Å²) < 4.78 is 5.32. The fourth-order valence-electron chi connectivity index (χ4n) is 2.00. The van der Waals surface area contributed by atoms with E-state index in [9.17, 15) is 4.79 Å². The fraction of sp³-hybridized carbons (Fsp3) is 0.647. The Balaban J connectivity index is 0.00000529. The zero-order chi connectivity index (χ0) is 17.1. The summed E-state index contributed by atoms with van der Waals surface area (Å²) in [5, 5.41) is 9.28. The molecule has 1 amide bonds. The number of hydrogen-bond donors (Lipinski definition) is 3. The van der Waals surface area contributed by atoms with Crippen LogP contribution in [0.4, 0.5) is 0 Å². The largest absolute Gasteiger partial charge is 0.469 e. The normalized spacial score (nSPS) is 11.6. The summed E-state index contributed by atoms with van der Waals surface area (Å²) in [6.07, 6.45) is 4.67. The average Bonchev–Trinajstić information content (AvgIpc) is 3.04. The molecule has 1 rings (SSSR count). The molecule has 3 N–H and O–H groups in total. The van der Waals surface area contributed by atoms with Crippen LogP contribution in [0.15, 0.2) is 27.8 Å². The highest BCUT2D eigenvalue weighted by molar-refractivity contribution is 14.0. The van der Waals surface area contributed by atoms with Crippen molar-refractivity contribution in [3.63, 3.8) is 0 Å². The predicted octanol–water partition coefficient (Wildman–Crippen LogP) is 2.55. The number of amides is 1.